The zero-order valence-electron chi connectivity index (χ0n) is 27.1. The zero-order valence-corrected chi connectivity index (χ0v) is 27.9. The van der Waals surface area contributed by atoms with Crippen LogP contribution in [0.4, 0.5) is 5.95 Å². The lowest BCUT2D eigenvalue weighted by molar-refractivity contribution is -0.119. The van der Waals surface area contributed by atoms with Crippen LogP contribution in [0.1, 0.15) is 76.5 Å². The predicted molar refractivity (Wildman–Crippen MR) is 178 cm³/mol. The molecule has 2 N–H and O–H groups in total. The van der Waals surface area contributed by atoms with Crippen molar-refractivity contribution >= 4 is 22.8 Å². The second-order valence-electron chi connectivity index (χ2n) is 14.1. The standard InChI is InChI=1S/C36H48N4O3S/c1-23-9-7-10-24(2)34(23)32-20-33-39-35(38-32)40-44(42)30-12-8-11-26(19-30)13-14-31(29(22-43-33)21-36(4,5)6)28-17-27(18-28)15-16-37-25(3)41/h7-12,19-20,27-29,31H,13-18,21-22H2,1-6H3,(H,37,41)(H,38,39,40)/t27?,28?,29-,31?,44?/m1/s1. The maximum atomic E-state index is 13.5. The Hall–Kier alpha value is -3.26. The first-order valence-electron chi connectivity index (χ1n) is 16.1. The third kappa shape index (κ3) is 8.26. The van der Waals surface area contributed by atoms with E-state index in [2.05, 4.69) is 75.0 Å². The minimum atomic E-state index is -1.52. The van der Waals surface area contributed by atoms with Gasteiger partial charge in [-0.25, -0.2) is 9.19 Å². The maximum absolute atomic E-state index is 13.5. The molecule has 2 aliphatic rings. The van der Waals surface area contributed by atoms with Crippen LogP contribution in [0, 0.1) is 42.9 Å². The molecule has 0 radical (unpaired) electrons. The highest BCUT2D eigenvalue weighted by Crippen LogP contribution is 2.47. The van der Waals surface area contributed by atoms with Crippen molar-refractivity contribution in [1.82, 2.24) is 15.3 Å². The van der Waals surface area contributed by atoms with Gasteiger partial charge in [0, 0.05) is 25.1 Å². The van der Waals surface area contributed by atoms with Gasteiger partial charge in [-0.2, -0.15) is 4.98 Å². The van der Waals surface area contributed by atoms with Crippen LogP contribution < -0.4 is 14.8 Å². The number of nitrogens with zero attached hydrogens (tertiary/aromatic N) is 2. The smallest absolute Gasteiger partial charge is 0.238 e. The molecule has 3 atom stereocenters. The number of rotatable bonds is 6. The van der Waals surface area contributed by atoms with E-state index in [1.54, 1.807) is 6.92 Å². The van der Waals surface area contributed by atoms with Crippen molar-refractivity contribution < 1.29 is 13.7 Å². The number of aromatic nitrogens is 2. The Morgan fingerprint density at radius 2 is 1.80 bits per heavy atom. The van der Waals surface area contributed by atoms with E-state index in [4.69, 9.17) is 14.7 Å². The van der Waals surface area contributed by atoms with E-state index in [1.807, 2.05) is 18.2 Å². The molecule has 1 amide bonds. The maximum Gasteiger partial charge on any atom is 0.238 e. The van der Waals surface area contributed by atoms with Crippen LogP contribution in [0.5, 0.6) is 5.88 Å². The Bertz CT molecular complexity index is 1470. The van der Waals surface area contributed by atoms with E-state index in [9.17, 15) is 9.00 Å². The summed E-state index contributed by atoms with van der Waals surface area (Å²) in [5.74, 6) is 2.95. The Morgan fingerprint density at radius 3 is 2.50 bits per heavy atom. The van der Waals surface area contributed by atoms with Gasteiger partial charge < -0.3 is 10.1 Å². The third-order valence-corrected chi connectivity index (χ3v) is 10.3. The number of benzene rings is 2. The number of carbonyl (C=O) groups excluding carboxylic acids is 1. The molecule has 44 heavy (non-hydrogen) atoms. The highest BCUT2D eigenvalue weighted by Gasteiger charge is 2.39. The number of fused-ring (bicyclic) bond motifs is 4. The molecule has 8 heteroatoms. The zero-order chi connectivity index (χ0) is 31.4. The molecule has 1 aliphatic heterocycles. The van der Waals surface area contributed by atoms with Gasteiger partial charge in [-0.1, -0.05) is 51.1 Å². The molecule has 5 rings (SSSR count). The second kappa shape index (κ2) is 13.8. The number of nitrogens with one attached hydrogen (secondary N) is 2. The van der Waals surface area contributed by atoms with Crippen molar-refractivity contribution in [3.05, 3.63) is 65.2 Å². The van der Waals surface area contributed by atoms with Gasteiger partial charge in [0.2, 0.25) is 17.7 Å². The van der Waals surface area contributed by atoms with E-state index in [1.165, 1.54) is 18.4 Å². The molecule has 1 saturated carbocycles. The monoisotopic (exact) mass is 616 g/mol. The molecule has 2 heterocycles. The minimum Gasteiger partial charge on any atom is -0.477 e. The molecule has 236 valence electrons. The van der Waals surface area contributed by atoms with Gasteiger partial charge >= 0.3 is 0 Å². The summed E-state index contributed by atoms with van der Waals surface area (Å²) in [4.78, 5) is 21.6. The summed E-state index contributed by atoms with van der Waals surface area (Å²) in [7, 11) is -1.52. The van der Waals surface area contributed by atoms with Crippen LogP contribution in [0.25, 0.3) is 11.3 Å². The molecule has 2 unspecified atom stereocenters. The second-order valence-corrected chi connectivity index (χ2v) is 15.3. The molecule has 2 aromatic carbocycles. The molecule has 0 saturated heterocycles. The van der Waals surface area contributed by atoms with Crippen molar-refractivity contribution in [3.63, 3.8) is 0 Å². The molecule has 1 aliphatic carbocycles. The van der Waals surface area contributed by atoms with E-state index in [0.29, 0.717) is 47.0 Å². The van der Waals surface area contributed by atoms with Crippen molar-refractivity contribution in [2.75, 3.05) is 17.9 Å². The summed E-state index contributed by atoms with van der Waals surface area (Å²) in [6.45, 7) is 14.0. The van der Waals surface area contributed by atoms with Crippen LogP contribution in [-0.2, 0) is 22.2 Å². The van der Waals surface area contributed by atoms with Crippen molar-refractivity contribution in [2.24, 2.45) is 29.1 Å². The normalized spacial score (nSPS) is 23.8. The van der Waals surface area contributed by atoms with Gasteiger partial charge in [-0.05, 0) is 110 Å². The first-order chi connectivity index (χ1) is 20.9. The summed E-state index contributed by atoms with van der Waals surface area (Å²) in [5, 5.41) is 2.97. The molecule has 0 spiro atoms. The predicted octanol–water partition coefficient (Wildman–Crippen LogP) is 7.44. The van der Waals surface area contributed by atoms with E-state index >= 15 is 0 Å². The number of carbonyl (C=O) groups is 1. The molecule has 1 fully saturated rings. The number of amides is 1. The average molecular weight is 617 g/mol. The Kier molecular flexibility index (Phi) is 10.1. The number of aryl methyl sites for hydroxylation is 3. The summed E-state index contributed by atoms with van der Waals surface area (Å²) in [6.07, 6.45) is 6.45. The van der Waals surface area contributed by atoms with Crippen LogP contribution in [0.15, 0.2) is 53.4 Å². The average Bonchev–Trinajstić information content (AvgIpc) is 2.92. The minimum absolute atomic E-state index is 0.0429. The topological polar surface area (TPSA) is 93.2 Å². The first-order valence-corrected chi connectivity index (χ1v) is 17.2. The molecule has 1 aromatic heterocycles. The largest absolute Gasteiger partial charge is 0.477 e. The van der Waals surface area contributed by atoms with Crippen molar-refractivity contribution in [1.29, 1.82) is 0 Å². The Labute approximate surface area is 265 Å². The van der Waals surface area contributed by atoms with Crippen molar-refractivity contribution in [3.8, 4) is 17.1 Å². The van der Waals surface area contributed by atoms with Gasteiger partial charge in [0.05, 0.1) is 17.2 Å². The number of hydrogen-bond donors (Lipinski definition) is 2. The lowest BCUT2D eigenvalue weighted by Crippen LogP contribution is -2.39. The third-order valence-electron chi connectivity index (χ3n) is 9.23. The Morgan fingerprint density at radius 1 is 1.07 bits per heavy atom. The number of ether oxygens (including phenoxy) is 1. The van der Waals surface area contributed by atoms with E-state index in [-0.39, 0.29) is 11.3 Å². The van der Waals surface area contributed by atoms with Gasteiger partial charge in [0.25, 0.3) is 0 Å². The van der Waals surface area contributed by atoms with Crippen LogP contribution in [-0.4, -0.2) is 33.2 Å². The molecule has 4 bridgehead atoms. The summed E-state index contributed by atoms with van der Waals surface area (Å²) in [5.41, 5.74) is 5.38. The fourth-order valence-electron chi connectivity index (χ4n) is 7.18. The summed E-state index contributed by atoms with van der Waals surface area (Å²) in [6, 6.07) is 16.3. The quantitative estimate of drug-likeness (QED) is 0.300. The highest BCUT2D eigenvalue weighted by atomic mass is 32.2. The molecule has 3 aromatic rings. The van der Waals surface area contributed by atoms with Gasteiger partial charge in [0.15, 0.2) is 11.0 Å². The highest BCUT2D eigenvalue weighted by molar-refractivity contribution is 7.86. The van der Waals surface area contributed by atoms with Crippen LogP contribution in [0.2, 0.25) is 0 Å². The van der Waals surface area contributed by atoms with Gasteiger partial charge in [-0.15, -0.1) is 0 Å². The lowest BCUT2D eigenvalue weighted by atomic mass is 9.61. The fourth-order valence-corrected chi connectivity index (χ4v) is 8.01. The van der Waals surface area contributed by atoms with Crippen LogP contribution in [0.3, 0.4) is 0 Å². The number of anilines is 1. The summed E-state index contributed by atoms with van der Waals surface area (Å²) < 4.78 is 23.2. The summed E-state index contributed by atoms with van der Waals surface area (Å²) >= 11 is 0. The fraction of sp³-hybridized carbons (Fsp3) is 0.528. The van der Waals surface area contributed by atoms with E-state index in [0.717, 1.165) is 54.6 Å². The Balaban J connectivity index is 1.49. The lowest BCUT2D eigenvalue weighted by Gasteiger charge is -2.45. The van der Waals surface area contributed by atoms with Crippen molar-refractivity contribution in [2.45, 2.75) is 85.0 Å². The molecular weight excluding hydrogens is 568 g/mol. The molecule has 7 nitrogen and oxygen atoms in total. The SMILES string of the molecule is CC(=O)NCCC1CC(C2CCc3cccc(c3)S(=O)Nc3nc(cc(-c4c(C)cccc4C)n3)OC[C@H]2CC(C)(C)C)C1. The molecular formula is C36H48N4O3S. The van der Waals surface area contributed by atoms with Crippen LogP contribution >= 0.6 is 0 Å². The van der Waals surface area contributed by atoms with Gasteiger partial charge in [0.1, 0.15) is 0 Å². The van der Waals surface area contributed by atoms with Gasteiger partial charge in [-0.3, -0.25) is 9.52 Å². The van der Waals surface area contributed by atoms with E-state index < -0.39 is 11.0 Å². The first kappa shape index (κ1) is 32.1. The number of hydrogen-bond acceptors (Lipinski definition) is 5.